The molecule has 0 radical (unpaired) electrons. The van der Waals surface area contributed by atoms with Gasteiger partial charge in [0, 0.05) is 12.1 Å². The van der Waals surface area contributed by atoms with E-state index in [2.05, 4.69) is 10.6 Å². The Kier molecular flexibility index (Phi) is 5.12. The third-order valence-electron chi connectivity index (χ3n) is 3.96. The molecule has 0 atom stereocenters. The van der Waals surface area contributed by atoms with Gasteiger partial charge in [0.15, 0.2) is 0 Å². The second kappa shape index (κ2) is 6.85. The molecule has 0 saturated heterocycles. The van der Waals surface area contributed by atoms with Gasteiger partial charge in [0.1, 0.15) is 11.6 Å². The summed E-state index contributed by atoms with van der Waals surface area (Å²) in [4.78, 5) is 11.8. The lowest BCUT2D eigenvalue weighted by Crippen LogP contribution is -2.53. The second-order valence-corrected chi connectivity index (χ2v) is 5.48. The Balaban J connectivity index is 1.82. The first-order chi connectivity index (χ1) is 10.1. The summed E-state index contributed by atoms with van der Waals surface area (Å²) in [5.74, 6) is -1.22. The van der Waals surface area contributed by atoms with Gasteiger partial charge in [0.05, 0.1) is 12.1 Å². The van der Waals surface area contributed by atoms with Crippen LogP contribution in [0.5, 0.6) is 0 Å². The van der Waals surface area contributed by atoms with Crippen molar-refractivity contribution in [3.8, 4) is 0 Å². The number of carbonyl (C=O) groups excluding carboxylic acids is 1. The van der Waals surface area contributed by atoms with Crippen LogP contribution in [0.1, 0.15) is 31.2 Å². The van der Waals surface area contributed by atoms with Crippen LogP contribution in [0.3, 0.4) is 0 Å². The van der Waals surface area contributed by atoms with E-state index in [9.17, 15) is 18.7 Å². The lowest BCUT2D eigenvalue weighted by atomic mass is 9.99. The Labute approximate surface area is 122 Å². The molecule has 1 aromatic rings. The Morgan fingerprint density at radius 1 is 1.24 bits per heavy atom. The van der Waals surface area contributed by atoms with Crippen LogP contribution in [0.15, 0.2) is 18.2 Å². The molecule has 1 aliphatic carbocycles. The van der Waals surface area contributed by atoms with Crippen LogP contribution in [-0.4, -0.2) is 29.8 Å². The number of rotatable bonds is 5. The molecule has 4 nitrogen and oxygen atoms in total. The largest absolute Gasteiger partial charge is 0.394 e. The molecule has 2 rings (SSSR count). The summed E-state index contributed by atoms with van der Waals surface area (Å²) < 4.78 is 26.8. The van der Waals surface area contributed by atoms with Crippen molar-refractivity contribution in [3.05, 3.63) is 35.4 Å². The summed E-state index contributed by atoms with van der Waals surface area (Å²) in [5, 5.41) is 14.7. The normalized spacial score (nSPS) is 16.7. The van der Waals surface area contributed by atoms with Crippen molar-refractivity contribution in [2.75, 3.05) is 13.2 Å². The highest BCUT2D eigenvalue weighted by Gasteiger charge is 2.34. The van der Waals surface area contributed by atoms with Crippen molar-refractivity contribution in [1.82, 2.24) is 10.6 Å². The van der Waals surface area contributed by atoms with Crippen LogP contribution in [0.25, 0.3) is 0 Å². The molecule has 2 amide bonds. The van der Waals surface area contributed by atoms with Crippen molar-refractivity contribution < 1.29 is 18.7 Å². The summed E-state index contributed by atoms with van der Waals surface area (Å²) in [6.45, 7) is 0.0353. The minimum absolute atomic E-state index is 0.0319. The number of carbonyl (C=O) groups is 1. The van der Waals surface area contributed by atoms with Gasteiger partial charge >= 0.3 is 6.03 Å². The van der Waals surface area contributed by atoms with Gasteiger partial charge < -0.3 is 15.7 Å². The highest BCUT2D eigenvalue weighted by atomic mass is 19.1. The number of aliphatic hydroxyl groups is 1. The maximum absolute atomic E-state index is 13.4. The zero-order valence-electron chi connectivity index (χ0n) is 11.8. The number of amides is 2. The van der Waals surface area contributed by atoms with E-state index in [1.54, 1.807) is 0 Å². The molecule has 0 aliphatic heterocycles. The minimum atomic E-state index is -0.611. The average molecular weight is 298 g/mol. The first-order valence-corrected chi connectivity index (χ1v) is 7.16. The smallest absolute Gasteiger partial charge is 0.315 e. The van der Waals surface area contributed by atoms with Crippen LogP contribution >= 0.6 is 0 Å². The molecule has 1 fully saturated rings. The van der Waals surface area contributed by atoms with Crippen molar-refractivity contribution in [1.29, 1.82) is 0 Å². The zero-order valence-corrected chi connectivity index (χ0v) is 11.8. The van der Waals surface area contributed by atoms with Crippen molar-refractivity contribution in [3.63, 3.8) is 0 Å². The van der Waals surface area contributed by atoms with Crippen molar-refractivity contribution >= 4 is 6.03 Å². The fraction of sp³-hybridized carbons (Fsp3) is 0.533. The fourth-order valence-electron chi connectivity index (χ4n) is 2.73. The minimum Gasteiger partial charge on any atom is -0.394 e. The lowest BCUT2D eigenvalue weighted by Gasteiger charge is -2.28. The van der Waals surface area contributed by atoms with Gasteiger partial charge in [0.2, 0.25) is 0 Å². The quantitative estimate of drug-likeness (QED) is 0.779. The molecular formula is C15H20F2N2O2. The Morgan fingerprint density at radius 2 is 1.86 bits per heavy atom. The summed E-state index contributed by atoms with van der Waals surface area (Å²) in [7, 11) is 0. The Morgan fingerprint density at radius 3 is 2.43 bits per heavy atom. The summed E-state index contributed by atoms with van der Waals surface area (Å²) in [6.07, 6.45) is 3.53. The van der Waals surface area contributed by atoms with Gasteiger partial charge in [-0.3, -0.25) is 0 Å². The van der Waals surface area contributed by atoms with E-state index in [-0.39, 0.29) is 25.1 Å². The molecule has 0 spiro atoms. The highest BCUT2D eigenvalue weighted by Crippen LogP contribution is 2.28. The molecule has 0 heterocycles. The maximum Gasteiger partial charge on any atom is 0.315 e. The molecule has 0 bridgehead atoms. The van der Waals surface area contributed by atoms with E-state index in [0.29, 0.717) is 0 Å². The Hall–Kier alpha value is -1.69. The van der Waals surface area contributed by atoms with Crippen LogP contribution in [0, 0.1) is 11.6 Å². The number of hydrogen-bond acceptors (Lipinski definition) is 2. The van der Waals surface area contributed by atoms with Crippen LogP contribution in [0.2, 0.25) is 0 Å². The number of urea groups is 1. The van der Waals surface area contributed by atoms with Crippen LogP contribution in [-0.2, 0) is 6.42 Å². The fourth-order valence-corrected chi connectivity index (χ4v) is 2.73. The zero-order chi connectivity index (χ0) is 15.3. The van der Waals surface area contributed by atoms with Gasteiger partial charge in [-0.05, 0) is 31.4 Å². The van der Waals surface area contributed by atoms with Gasteiger partial charge in [-0.1, -0.05) is 18.9 Å². The molecule has 0 unspecified atom stereocenters. The predicted molar refractivity (Wildman–Crippen MR) is 74.9 cm³/mol. The summed E-state index contributed by atoms with van der Waals surface area (Å²) >= 11 is 0. The Bertz CT molecular complexity index is 482. The third kappa shape index (κ3) is 3.91. The maximum atomic E-state index is 13.4. The summed E-state index contributed by atoms with van der Waals surface area (Å²) in [5.41, 5.74) is -0.580. The number of hydrogen-bond donors (Lipinski definition) is 3. The van der Waals surface area contributed by atoms with Crippen molar-refractivity contribution in [2.45, 2.75) is 37.6 Å². The van der Waals surface area contributed by atoms with E-state index in [1.165, 1.54) is 18.2 Å². The van der Waals surface area contributed by atoms with Gasteiger partial charge in [-0.15, -0.1) is 0 Å². The molecule has 3 N–H and O–H groups in total. The highest BCUT2D eigenvalue weighted by molar-refractivity contribution is 5.74. The topological polar surface area (TPSA) is 61.4 Å². The lowest BCUT2D eigenvalue weighted by molar-refractivity contribution is 0.163. The standard InChI is InChI=1S/C15H20F2N2O2/c16-12-4-3-5-13(17)11(12)6-9-18-14(21)19-15(10-20)7-1-2-8-15/h3-5,20H,1-2,6-10H2,(H2,18,19,21). The molecular weight excluding hydrogens is 278 g/mol. The molecule has 1 aliphatic rings. The average Bonchev–Trinajstić information content (AvgIpc) is 2.91. The molecule has 116 valence electrons. The predicted octanol–water partition coefficient (Wildman–Crippen LogP) is 2.11. The van der Waals surface area contributed by atoms with E-state index >= 15 is 0 Å². The van der Waals surface area contributed by atoms with Gasteiger partial charge in [-0.25, -0.2) is 13.6 Å². The van der Waals surface area contributed by atoms with Gasteiger partial charge in [0.25, 0.3) is 0 Å². The number of aliphatic hydroxyl groups excluding tert-OH is 1. The first kappa shape index (κ1) is 15.7. The number of nitrogens with one attached hydrogen (secondary N) is 2. The molecule has 1 saturated carbocycles. The molecule has 21 heavy (non-hydrogen) atoms. The SMILES string of the molecule is O=C(NCCc1c(F)cccc1F)NC1(CO)CCCC1. The number of benzene rings is 1. The van der Waals surface area contributed by atoms with E-state index < -0.39 is 23.2 Å². The first-order valence-electron chi connectivity index (χ1n) is 7.16. The second-order valence-electron chi connectivity index (χ2n) is 5.48. The molecule has 0 aromatic heterocycles. The monoisotopic (exact) mass is 298 g/mol. The number of halogens is 2. The molecule has 6 heteroatoms. The third-order valence-corrected chi connectivity index (χ3v) is 3.96. The van der Waals surface area contributed by atoms with E-state index in [1.807, 2.05) is 0 Å². The van der Waals surface area contributed by atoms with Crippen molar-refractivity contribution in [2.24, 2.45) is 0 Å². The van der Waals surface area contributed by atoms with Gasteiger partial charge in [-0.2, -0.15) is 0 Å². The van der Waals surface area contributed by atoms with Crippen LogP contribution < -0.4 is 10.6 Å². The van der Waals surface area contributed by atoms with Crippen LogP contribution in [0.4, 0.5) is 13.6 Å². The molecule has 1 aromatic carbocycles. The summed E-state index contributed by atoms with van der Waals surface area (Å²) in [6, 6.07) is 3.28. The van der Waals surface area contributed by atoms with E-state index in [0.717, 1.165) is 25.7 Å². The van der Waals surface area contributed by atoms with E-state index in [4.69, 9.17) is 0 Å².